The molecule has 0 aromatic heterocycles. The molecule has 2 N–H and O–H groups in total. The van der Waals surface area contributed by atoms with Crippen LogP contribution in [0.3, 0.4) is 0 Å². The number of thiocarbonyl (C=S) groups is 1. The molecule has 2 rings (SSSR count). The summed E-state index contributed by atoms with van der Waals surface area (Å²) in [5.41, 5.74) is 1.98. The zero-order valence-corrected chi connectivity index (χ0v) is 16.3. The summed E-state index contributed by atoms with van der Waals surface area (Å²) >= 11 is 19.1. The van der Waals surface area contributed by atoms with E-state index >= 15 is 0 Å². The molecule has 0 amide bonds. The Bertz CT molecular complexity index is 698. The minimum atomic E-state index is 0.591. The Morgan fingerprint density at radius 1 is 1.21 bits per heavy atom. The highest BCUT2D eigenvalue weighted by molar-refractivity contribution is 7.98. The van der Waals surface area contributed by atoms with Gasteiger partial charge in [0.05, 0.1) is 7.11 Å². The van der Waals surface area contributed by atoms with Crippen LogP contribution in [0.25, 0.3) is 0 Å². The molecule has 0 bridgehead atoms. The van der Waals surface area contributed by atoms with Crippen LogP contribution in [0, 0.1) is 0 Å². The Balaban J connectivity index is 1.67. The molecule has 0 saturated carbocycles. The van der Waals surface area contributed by atoms with Crippen LogP contribution in [0.1, 0.15) is 5.56 Å². The average Bonchev–Trinajstić information content (AvgIpc) is 2.56. The molecule has 2 aromatic carbocycles. The van der Waals surface area contributed by atoms with E-state index in [-0.39, 0.29) is 0 Å². The summed E-state index contributed by atoms with van der Waals surface area (Å²) in [4.78, 5) is 0. The highest BCUT2D eigenvalue weighted by atomic mass is 35.5. The number of hydrogen-bond donors (Lipinski definition) is 2. The predicted octanol–water partition coefficient (Wildman–Crippen LogP) is 5.22. The highest BCUT2D eigenvalue weighted by Gasteiger charge is 2.02. The van der Waals surface area contributed by atoms with Gasteiger partial charge in [0.15, 0.2) is 5.11 Å². The van der Waals surface area contributed by atoms with Gasteiger partial charge in [-0.15, -0.1) is 0 Å². The standard InChI is InChI=1S/C17H18Cl2N2OS2/c1-22-15-4-2-3-14(10-15)21-17(23)20-7-8-24-11-12-5-6-13(18)9-16(12)19/h2-6,9-10H,7-8,11H2,1H3,(H2,20,21,23). The van der Waals surface area contributed by atoms with Gasteiger partial charge in [-0.2, -0.15) is 11.8 Å². The molecule has 0 atom stereocenters. The Labute approximate surface area is 162 Å². The topological polar surface area (TPSA) is 33.3 Å². The number of thioether (sulfide) groups is 1. The summed E-state index contributed by atoms with van der Waals surface area (Å²) in [7, 11) is 1.64. The average molecular weight is 401 g/mol. The molecule has 0 aliphatic rings. The van der Waals surface area contributed by atoms with Crippen molar-refractivity contribution >= 4 is 58.0 Å². The summed E-state index contributed by atoms with van der Waals surface area (Å²) in [5.74, 6) is 2.55. The van der Waals surface area contributed by atoms with Gasteiger partial charge in [-0.25, -0.2) is 0 Å². The number of halogens is 2. The van der Waals surface area contributed by atoms with Crippen molar-refractivity contribution in [2.75, 3.05) is 24.7 Å². The number of rotatable bonds is 7. The second-order valence-corrected chi connectivity index (χ2v) is 7.26. The minimum absolute atomic E-state index is 0.591. The molecule has 0 saturated heterocycles. The van der Waals surface area contributed by atoms with Crippen molar-refractivity contribution in [1.82, 2.24) is 5.32 Å². The number of nitrogens with one attached hydrogen (secondary N) is 2. The number of benzene rings is 2. The second kappa shape index (κ2) is 9.99. The van der Waals surface area contributed by atoms with Crippen LogP contribution in [0.4, 0.5) is 5.69 Å². The first-order valence-corrected chi connectivity index (χ1v) is 9.61. The van der Waals surface area contributed by atoms with Crippen molar-refractivity contribution in [3.63, 3.8) is 0 Å². The van der Waals surface area contributed by atoms with Crippen LogP contribution in [0.15, 0.2) is 42.5 Å². The van der Waals surface area contributed by atoms with Gasteiger partial charge < -0.3 is 15.4 Å². The van der Waals surface area contributed by atoms with Crippen LogP contribution in [0.2, 0.25) is 10.0 Å². The van der Waals surface area contributed by atoms with Gasteiger partial charge in [0.2, 0.25) is 0 Å². The maximum Gasteiger partial charge on any atom is 0.170 e. The van der Waals surface area contributed by atoms with E-state index in [1.165, 1.54) is 0 Å². The van der Waals surface area contributed by atoms with Gasteiger partial charge in [-0.1, -0.05) is 35.3 Å². The van der Waals surface area contributed by atoms with E-state index in [0.29, 0.717) is 15.2 Å². The van der Waals surface area contributed by atoms with Gasteiger partial charge in [0.25, 0.3) is 0 Å². The minimum Gasteiger partial charge on any atom is -0.497 e. The lowest BCUT2D eigenvalue weighted by atomic mass is 10.2. The highest BCUT2D eigenvalue weighted by Crippen LogP contribution is 2.24. The smallest absolute Gasteiger partial charge is 0.170 e. The van der Waals surface area contributed by atoms with Gasteiger partial charge in [-0.3, -0.25) is 0 Å². The lowest BCUT2D eigenvalue weighted by Crippen LogP contribution is -2.30. The molecule has 0 heterocycles. The summed E-state index contributed by atoms with van der Waals surface area (Å²) in [6.07, 6.45) is 0. The number of ether oxygens (including phenoxy) is 1. The normalized spacial score (nSPS) is 10.3. The third-order valence-electron chi connectivity index (χ3n) is 3.13. The molecule has 0 radical (unpaired) electrons. The molecule has 0 unspecified atom stereocenters. The van der Waals surface area contributed by atoms with Crippen LogP contribution in [-0.4, -0.2) is 24.5 Å². The van der Waals surface area contributed by atoms with Gasteiger partial charge >= 0.3 is 0 Å². The molecule has 0 fully saturated rings. The third-order valence-corrected chi connectivity index (χ3v) is 4.97. The van der Waals surface area contributed by atoms with Crippen LogP contribution < -0.4 is 15.4 Å². The molecular weight excluding hydrogens is 383 g/mol. The Morgan fingerprint density at radius 3 is 2.79 bits per heavy atom. The fraction of sp³-hybridized carbons (Fsp3) is 0.235. The molecule has 0 spiro atoms. The van der Waals surface area contributed by atoms with Crippen LogP contribution >= 0.6 is 47.2 Å². The van der Waals surface area contributed by atoms with E-state index in [9.17, 15) is 0 Å². The molecular formula is C17H18Cl2N2OS2. The van der Waals surface area contributed by atoms with Crippen molar-refractivity contribution in [3.05, 3.63) is 58.1 Å². The molecule has 3 nitrogen and oxygen atoms in total. The van der Waals surface area contributed by atoms with E-state index in [1.54, 1.807) is 24.9 Å². The molecule has 128 valence electrons. The maximum atomic E-state index is 6.15. The summed E-state index contributed by atoms with van der Waals surface area (Å²) in [6, 6.07) is 13.2. The zero-order valence-electron chi connectivity index (χ0n) is 13.1. The predicted molar refractivity (Wildman–Crippen MR) is 110 cm³/mol. The summed E-state index contributed by atoms with van der Waals surface area (Å²) in [6.45, 7) is 0.770. The van der Waals surface area contributed by atoms with Crippen molar-refractivity contribution in [2.24, 2.45) is 0 Å². The van der Waals surface area contributed by atoms with Crippen molar-refractivity contribution in [3.8, 4) is 5.75 Å². The van der Waals surface area contributed by atoms with Crippen LogP contribution in [0.5, 0.6) is 5.75 Å². The Kier molecular flexibility index (Phi) is 7.99. The quantitative estimate of drug-likeness (QED) is 0.491. The zero-order chi connectivity index (χ0) is 17.4. The van der Waals surface area contributed by atoms with E-state index in [4.69, 9.17) is 40.2 Å². The fourth-order valence-electron chi connectivity index (χ4n) is 1.93. The van der Waals surface area contributed by atoms with E-state index in [1.807, 2.05) is 36.4 Å². The van der Waals surface area contributed by atoms with E-state index in [2.05, 4.69) is 10.6 Å². The third kappa shape index (κ3) is 6.40. The van der Waals surface area contributed by atoms with Crippen molar-refractivity contribution in [1.29, 1.82) is 0 Å². The monoisotopic (exact) mass is 400 g/mol. The second-order valence-electron chi connectivity index (χ2n) is 4.90. The van der Waals surface area contributed by atoms with E-state index < -0.39 is 0 Å². The summed E-state index contributed by atoms with van der Waals surface area (Å²) in [5, 5.41) is 8.27. The first-order valence-electron chi connectivity index (χ1n) is 7.29. The largest absolute Gasteiger partial charge is 0.497 e. The fourth-order valence-corrected chi connectivity index (χ4v) is 3.57. The number of methoxy groups -OCH3 is 1. The first kappa shape index (κ1) is 19.2. The Hall–Kier alpha value is -1.14. The lowest BCUT2D eigenvalue weighted by molar-refractivity contribution is 0.415. The first-order chi connectivity index (χ1) is 11.6. The van der Waals surface area contributed by atoms with Gasteiger partial charge in [-0.05, 0) is 42.0 Å². The summed E-state index contributed by atoms with van der Waals surface area (Å²) < 4.78 is 5.18. The van der Waals surface area contributed by atoms with Crippen LogP contribution in [-0.2, 0) is 5.75 Å². The van der Waals surface area contributed by atoms with Crippen molar-refractivity contribution < 1.29 is 4.74 Å². The SMILES string of the molecule is COc1cccc(NC(=S)NCCSCc2ccc(Cl)cc2Cl)c1. The van der Waals surface area contributed by atoms with Gasteiger partial charge in [0, 0.05) is 39.8 Å². The van der Waals surface area contributed by atoms with E-state index in [0.717, 1.165) is 35.1 Å². The molecule has 7 heteroatoms. The Morgan fingerprint density at radius 2 is 2.04 bits per heavy atom. The lowest BCUT2D eigenvalue weighted by Gasteiger charge is -2.11. The molecule has 2 aromatic rings. The number of hydrogen-bond acceptors (Lipinski definition) is 3. The molecule has 24 heavy (non-hydrogen) atoms. The van der Waals surface area contributed by atoms with Gasteiger partial charge in [0.1, 0.15) is 5.75 Å². The van der Waals surface area contributed by atoms with Crippen molar-refractivity contribution in [2.45, 2.75) is 5.75 Å². The number of anilines is 1. The molecule has 0 aliphatic heterocycles. The maximum absolute atomic E-state index is 6.15. The molecule has 0 aliphatic carbocycles.